The molecule has 87 heavy (non-hydrogen) atoms. The maximum absolute atomic E-state index is 13.0. The Hall–Kier alpha value is -9.97. The van der Waals surface area contributed by atoms with Crippen molar-refractivity contribution < 1.29 is 38.7 Å². The number of rotatable bonds is 17. The topological polar surface area (TPSA) is 327 Å². The molecule has 0 amide bonds. The van der Waals surface area contributed by atoms with Crippen molar-refractivity contribution in [3.05, 3.63) is 233 Å². The van der Waals surface area contributed by atoms with E-state index in [1.807, 2.05) is 58.2 Å². The molecule has 0 spiro atoms. The van der Waals surface area contributed by atoms with Gasteiger partial charge in [0.2, 0.25) is 12.7 Å². The van der Waals surface area contributed by atoms with E-state index in [0.717, 1.165) is 34.9 Å². The molecule has 0 N–H and O–H groups in total. The molecular weight excluding hydrogens is 1180 g/mol. The minimum atomic E-state index is -0.463. The van der Waals surface area contributed by atoms with E-state index in [2.05, 4.69) is 51.6 Å². The molecule has 0 atom stereocenters. The number of benzene rings is 2. The van der Waals surface area contributed by atoms with Gasteiger partial charge in [-0.15, -0.1) is 23.2 Å². The molecule has 0 radical (unpaired) electrons. The number of fused-ring (bicyclic) bond motifs is 4. The van der Waals surface area contributed by atoms with Crippen LogP contribution in [-0.2, 0) is 66.0 Å². The van der Waals surface area contributed by atoms with Gasteiger partial charge < -0.3 is 25.4 Å². The van der Waals surface area contributed by atoms with Crippen molar-refractivity contribution in [2.24, 2.45) is 22.4 Å². The van der Waals surface area contributed by atoms with Crippen LogP contribution in [-0.4, -0.2) is 76.3 Å². The fraction of sp³-hybridized carbons (Fsp3) is 0.309. The Morgan fingerprint density at radius 3 is 1.03 bits per heavy atom. The molecule has 0 aliphatic carbocycles. The molecular formula is C55H54Cl2N21NaO8. The van der Waals surface area contributed by atoms with Crippen LogP contribution in [0.5, 0.6) is 0 Å². The summed E-state index contributed by atoms with van der Waals surface area (Å²) in [6.45, 7) is 23.1. The largest absolute Gasteiger partial charge is 1.00 e. The average molecular weight is 1230 g/mol. The van der Waals surface area contributed by atoms with E-state index in [-0.39, 0.29) is 106 Å². The summed E-state index contributed by atoms with van der Waals surface area (Å²) < 4.78 is 15.9. The third-order valence-electron chi connectivity index (χ3n) is 12.5. The number of hydrogen-bond acceptors (Lipinski definition) is 13. The number of unbranched alkanes of at least 4 members (excludes halogenated alkanes) is 1. The minimum absolute atomic E-state index is 0. The summed E-state index contributed by atoms with van der Waals surface area (Å²) in [5.41, 5.74) is -3.59. The zero-order valence-electron chi connectivity index (χ0n) is 46.6. The number of nitrogens with zero attached hydrogens (tertiary/aromatic N) is 21. The van der Waals surface area contributed by atoms with E-state index in [9.17, 15) is 38.4 Å². The molecule has 0 saturated carbocycles. The van der Waals surface area contributed by atoms with E-state index >= 15 is 0 Å². The van der Waals surface area contributed by atoms with Gasteiger partial charge in [0, 0.05) is 62.7 Å². The number of alkyl halides is 2. The third-order valence-corrected chi connectivity index (χ3v) is 13.0. The Morgan fingerprint density at radius 1 is 0.494 bits per heavy atom. The second-order valence-corrected chi connectivity index (χ2v) is 18.5. The summed E-state index contributed by atoms with van der Waals surface area (Å²) in [4.78, 5) is 118. The molecule has 10 aromatic rings. The van der Waals surface area contributed by atoms with Crippen LogP contribution in [0.2, 0.25) is 0 Å². The van der Waals surface area contributed by atoms with Crippen LogP contribution in [0.1, 0.15) is 33.6 Å². The normalized spacial score (nSPS) is 9.94. The Labute approximate surface area is 525 Å². The quantitative estimate of drug-likeness (QED) is 0.0307. The van der Waals surface area contributed by atoms with E-state index in [1.165, 1.54) is 51.4 Å². The number of hydrogen-bond donors (Lipinski definition) is 0. The molecule has 32 heteroatoms. The number of aromatic nitrogens is 12. The van der Waals surface area contributed by atoms with Crippen LogP contribution < -0.4 is 83.2 Å². The van der Waals surface area contributed by atoms with Crippen molar-refractivity contribution in [1.29, 1.82) is 0 Å². The first-order valence-corrected chi connectivity index (χ1v) is 26.4. The predicted molar refractivity (Wildman–Crippen MR) is 324 cm³/mol. The van der Waals surface area contributed by atoms with Gasteiger partial charge in [-0.1, -0.05) is 54.1 Å². The van der Waals surface area contributed by atoms with Gasteiger partial charge in [-0.2, -0.15) is 0 Å². The Morgan fingerprint density at radius 2 is 0.805 bits per heavy atom. The Bertz CT molecular complexity index is 4310. The van der Waals surface area contributed by atoms with Crippen molar-refractivity contribution in [1.82, 2.24) is 46.5 Å². The van der Waals surface area contributed by atoms with Crippen LogP contribution in [0.3, 0.4) is 0 Å². The van der Waals surface area contributed by atoms with Gasteiger partial charge in [0.05, 0.1) is 82.4 Å². The molecule has 442 valence electrons. The standard InChI is InChI=1S/C25H28N6O4.C20H16N6O4.C3H6Cl2.3C2N3.CH4.Na/c1-3-4-5-27-8-9-29(17-27)11-13-31-24(34)20-14-18-19(15-21(20)25(31)35)23(33)30(22(18)32)12-10-28-7-6-26(2)16-28;27-17-13-9-15-16(20(30)26(19(15)29)8-6-24-4-2-22-12-24)10-14(13)18(28)25(17)7-5-23-3-1-21-11-23;4-2-1-3-5;3*1-4-5-2-3;;/h6-9,14-17H,3-5,10-13H2,1-2H3;1-4,9-12H,5-8H2;1-3H2;;;;1H4;/q+2;;;3*-1;;+1. The van der Waals surface area contributed by atoms with E-state index < -0.39 is 44.5 Å². The second kappa shape index (κ2) is 36.0. The number of imidazole rings is 4. The maximum Gasteiger partial charge on any atom is 1.00 e. The molecule has 0 saturated heterocycles. The summed E-state index contributed by atoms with van der Waals surface area (Å²) in [6.07, 6.45) is 24.4. The van der Waals surface area contributed by atoms with Crippen molar-refractivity contribution in [3.63, 3.8) is 0 Å². The molecule has 2 aromatic carbocycles. The van der Waals surface area contributed by atoms with Crippen LogP contribution in [0.25, 0.3) is 74.2 Å². The summed E-state index contributed by atoms with van der Waals surface area (Å²) in [5.74, 6) is 1.37. The van der Waals surface area contributed by atoms with Gasteiger partial charge in [0.25, 0.3) is 44.5 Å². The van der Waals surface area contributed by atoms with E-state index in [4.69, 9.17) is 59.1 Å². The molecule has 8 aromatic heterocycles. The van der Waals surface area contributed by atoms with Crippen molar-refractivity contribution >= 4 is 84.3 Å². The molecule has 29 nitrogen and oxygen atoms in total. The van der Waals surface area contributed by atoms with Crippen molar-refractivity contribution in [2.75, 3.05) is 11.8 Å². The van der Waals surface area contributed by atoms with Gasteiger partial charge in [-0.25, -0.2) is 62.8 Å². The minimum Gasteiger partial charge on any atom is -0.417 e. The third kappa shape index (κ3) is 18.5. The van der Waals surface area contributed by atoms with Gasteiger partial charge >= 0.3 is 29.6 Å². The molecule has 0 aliphatic rings. The van der Waals surface area contributed by atoms with Crippen LogP contribution in [0, 0.1) is 19.7 Å². The molecule has 10 rings (SSSR count). The Kier molecular flexibility index (Phi) is 29.5. The summed E-state index contributed by atoms with van der Waals surface area (Å²) in [6, 6.07) is 9.44. The molecule has 0 bridgehead atoms. The zero-order chi connectivity index (χ0) is 62.0. The maximum atomic E-state index is 13.0. The molecule has 0 fully saturated rings. The molecule has 0 unspecified atom stereocenters. The molecule has 8 heterocycles. The van der Waals surface area contributed by atoms with Crippen LogP contribution in [0.4, 0.5) is 0 Å². The monoisotopic (exact) mass is 1230 g/mol. The predicted octanol–water partition coefficient (Wildman–Crippen LogP) is 0.720. The van der Waals surface area contributed by atoms with Gasteiger partial charge in [-0.3, -0.25) is 56.6 Å². The van der Waals surface area contributed by atoms with Crippen LogP contribution in [0.15, 0.2) is 153 Å². The fourth-order valence-corrected chi connectivity index (χ4v) is 8.86. The van der Waals surface area contributed by atoms with E-state index in [1.54, 1.807) is 46.6 Å². The van der Waals surface area contributed by atoms with Gasteiger partial charge in [-0.05, 0) is 37.1 Å². The summed E-state index contributed by atoms with van der Waals surface area (Å²) >= 11 is 10.4. The SMILES string of the molecule is C.CCCC[n+]1ccn(CCn2c(=O)c3cc4c(=O)n(CCn5cc[n+](C)c5)c(=O)c4cc3c2=O)c1.ClCCCCl.O=c1c2cc3c(=O)n(CCn4ccnc4)c(=O)c3cc2c(=O)n1CCn1ccnc1.[C-]#[N+]N=C=[N-].[C-]#[N+]N=C=[N-].[C-]#[N+]N=C=[N-].[Na+]. The van der Waals surface area contributed by atoms with E-state index in [0.29, 0.717) is 37.9 Å². The first kappa shape index (κ1) is 71.3. The van der Waals surface area contributed by atoms with Crippen LogP contribution >= 0.6 is 23.2 Å². The zero-order valence-corrected chi connectivity index (χ0v) is 50.1. The fourth-order valence-electron chi connectivity index (χ4n) is 8.45. The molecule has 0 aliphatic heterocycles. The average Bonchev–Trinajstić information content (AvgIpc) is 1.65. The number of halogens is 2. The summed E-state index contributed by atoms with van der Waals surface area (Å²) in [7, 11) is 1.89. The first-order valence-electron chi connectivity index (χ1n) is 25.3. The van der Waals surface area contributed by atoms with Gasteiger partial charge in [0.1, 0.15) is 37.9 Å². The summed E-state index contributed by atoms with van der Waals surface area (Å²) in [5, 5.41) is 31.4. The van der Waals surface area contributed by atoms with Gasteiger partial charge in [0.15, 0.2) is 0 Å². The van der Waals surface area contributed by atoms with Crippen molar-refractivity contribution in [3.8, 4) is 0 Å². The number of aryl methyl sites for hydroxylation is 6. The van der Waals surface area contributed by atoms with Crippen molar-refractivity contribution in [2.45, 2.75) is 92.5 Å². The Balaban J connectivity index is 0.000000343. The smallest absolute Gasteiger partial charge is 0.417 e. The first-order chi connectivity index (χ1) is 41.1. The second-order valence-electron chi connectivity index (χ2n) is 17.7.